The van der Waals surface area contributed by atoms with E-state index in [1.54, 1.807) is 22.7 Å². The lowest BCUT2D eigenvalue weighted by atomic mass is 10.2. The number of hydrogen-bond acceptors (Lipinski definition) is 4. The first-order valence-electron chi connectivity index (χ1n) is 6.29. The van der Waals surface area contributed by atoms with E-state index in [9.17, 15) is 9.90 Å². The minimum Gasteiger partial charge on any atom is -0.476 e. The number of rotatable bonds is 7. The number of unbranched alkanes of at least 4 members (excludes halogenated alkanes) is 2. The van der Waals surface area contributed by atoms with Gasteiger partial charge < -0.3 is 15.5 Å². The number of carboxylic acids is 1. The van der Waals surface area contributed by atoms with Gasteiger partial charge in [-0.25, -0.2) is 9.78 Å². The molecule has 0 spiro atoms. The van der Waals surface area contributed by atoms with Crippen LogP contribution in [-0.2, 0) is 0 Å². The number of carbonyl (C=O) groups is 1. The summed E-state index contributed by atoms with van der Waals surface area (Å²) >= 11 is 0. The number of hydrogen-bond donors (Lipinski definition) is 3. The number of fused-ring (bicyclic) bond motifs is 1. The highest BCUT2D eigenvalue weighted by Crippen LogP contribution is 2.17. The van der Waals surface area contributed by atoms with Crippen molar-refractivity contribution in [3.63, 3.8) is 0 Å². The van der Waals surface area contributed by atoms with E-state index in [1.165, 1.54) is 0 Å². The molecule has 6 nitrogen and oxygen atoms in total. The average molecular weight is 263 g/mol. The highest BCUT2D eigenvalue weighted by atomic mass is 16.4. The molecule has 0 fully saturated rings. The molecule has 2 heterocycles. The van der Waals surface area contributed by atoms with Gasteiger partial charge in [0.15, 0.2) is 11.5 Å². The van der Waals surface area contributed by atoms with Gasteiger partial charge in [-0.05, 0) is 31.4 Å². The maximum absolute atomic E-state index is 11.3. The predicted molar refractivity (Wildman–Crippen MR) is 71.6 cm³/mol. The molecular weight excluding hydrogens is 246 g/mol. The van der Waals surface area contributed by atoms with Crippen LogP contribution in [0.5, 0.6) is 0 Å². The molecule has 2 aromatic rings. The van der Waals surface area contributed by atoms with Gasteiger partial charge in [-0.3, -0.25) is 4.40 Å². The smallest absolute Gasteiger partial charge is 0.356 e. The van der Waals surface area contributed by atoms with Crippen molar-refractivity contribution in [2.45, 2.75) is 19.3 Å². The van der Waals surface area contributed by atoms with Crippen molar-refractivity contribution in [3.05, 3.63) is 30.1 Å². The molecule has 0 aromatic carbocycles. The van der Waals surface area contributed by atoms with Crippen molar-refractivity contribution < 1.29 is 15.0 Å². The molecule has 3 N–H and O–H groups in total. The zero-order valence-corrected chi connectivity index (χ0v) is 10.5. The Morgan fingerprint density at radius 3 is 2.89 bits per heavy atom. The fourth-order valence-electron chi connectivity index (χ4n) is 1.94. The maximum atomic E-state index is 11.3. The Morgan fingerprint density at radius 1 is 1.32 bits per heavy atom. The first-order valence-corrected chi connectivity index (χ1v) is 6.29. The van der Waals surface area contributed by atoms with Crippen molar-refractivity contribution in [1.82, 2.24) is 9.38 Å². The first-order chi connectivity index (χ1) is 9.24. The fourth-order valence-corrected chi connectivity index (χ4v) is 1.94. The Morgan fingerprint density at radius 2 is 2.16 bits per heavy atom. The number of imidazole rings is 1. The zero-order valence-electron chi connectivity index (χ0n) is 10.5. The summed E-state index contributed by atoms with van der Waals surface area (Å²) in [5, 5.41) is 21.0. The van der Waals surface area contributed by atoms with E-state index >= 15 is 0 Å². The largest absolute Gasteiger partial charge is 0.476 e. The Balaban J connectivity index is 2.13. The highest BCUT2D eigenvalue weighted by Gasteiger charge is 2.17. The summed E-state index contributed by atoms with van der Waals surface area (Å²) in [7, 11) is 0. The van der Waals surface area contributed by atoms with Crippen LogP contribution in [0.15, 0.2) is 24.4 Å². The molecule has 0 unspecified atom stereocenters. The molecule has 0 aliphatic rings. The monoisotopic (exact) mass is 263 g/mol. The third kappa shape index (κ3) is 3.03. The molecule has 0 aliphatic carbocycles. The second-order valence-electron chi connectivity index (χ2n) is 4.25. The third-order valence-corrected chi connectivity index (χ3v) is 2.86. The summed E-state index contributed by atoms with van der Waals surface area (Å²) in [6, 6.07) is 5.36. The highest BCUT2D eigenvalue weighted by molar-refractivity contribution is 5.92. The summed E-state index contributed by atoms with van der Waals surface area (Å²) in [5.41, 5.74) is 0.760. The Labute approximate surface area is 110 Å². The molecule has 2 rings (SSSR count). The molecule has 0 saturated carbocycles. The second-order valence-corrected chi connectivity index (χ2v) is 4.25. The number of aromatic carboxylic acids is 1. The number of carboxylic acid groups (broad SMARTS) is 1. The first kappa shape index (κ1) is 13.4. The summed E-state index contributed by atoms with van der Waals surface area (Å²) in [4.78, 5) is 15.6. The molecule has 2 aromatic heterocycles. The SMILES string of the molecule is O=C(O)c1c(NCCCCCO)nc2ccccn12. The summed E-state index contributed by atoms with van der Waals surface area (Å²) in [6.45, 7) is 0.832. The van der Waals surface area contributed by atoms with Crippen molar-refractivity contribution in [3.8, 4) is 0 Å². The second kappa shape index (κ2) is 6.19. The summed E-state index contributed by atoms with van der Waals surface area (Å²) < 4.78 is 1.55. The molecule has 0 aliphatic heterocycles. The van der Waals surface area contributed by atoms with E-state index in [4.69, 9.17) is 5.11 Å². The number of pyridine rings is 1. The number of nitrogens with one attached hydrogen (secondary N) is 1. The minimum absolute atomic E-state index is 0.151. The molecule has 19 heavy (non-hydrogen) atoms. The normalized spacial score (nSPS) is 10.8. The number of nitrogens with zero attached hydrogens (tertiary/aromatic N) is 2. The molecule has 0 bridgehead atoms. The topological polar surface area (TPSA) is 86.9 Å². The van der Waals surface area contributed by atoms with Gasteiger partial charge in [0, 0.05) is 19.3 Å². The van der Waals surface area contributed by atoms with Gasteiger partial charge in [-0.1, -0.05) is 6.07 Å². The van der Waals surface area contributed by atoms with Crippen LogP contribution in [0.25, 0.3) is 5.65 Å². The Bertz CT molecular complexity index is 565. The molecule has 0 atom stereocenters. The van der Waals surface area contributed by atoms with Crippen LogP contribution < -0.4 is 5.32 Å². The number of aromatic nitrogens is 2. The fraction of sp³-hybridized carbons (Fsp3) is 0.385. The van der Waals surface area contributed by atoms with Crippen LogP contribution in [0, 0.1) is 0 Å². The van der Waals surface area contributed by atoms with Gasteiger partial charge in [-0.2, -0.15) is 0 Å². The van der Waals surface area contributed by atoms with E-state index in [2.05, 4.69) is 10.3 Å². The van der Waals surface area contributed by atoms with Gasteiger partial charge in [0.25, 0.3) is 0 Å². The molecule has 6 heteroatoms. The lowest BCUT2D eigenvalue weighted by Crippen LogP contribution is -2.09. The van der Waals surface area contributed by atoms with Gasteiger partial charge in [-0.15, -0.1) is 0 Å². The molecular formula is C13H17N3O3. The van der Waals surface area contributed by atoms with Gasteiger partial charge in [0.1, 0.15) is 5.65 Å². The van der Waals surface area contributed by atoms with Gasteiger partial charge in [0.05, 0.1) is 0 Å². The lowest BCUT2D eigenvalue weighted by Gasteiger charge is -2.04. The van der Waals surface area contributed by atoms with Crippen LogP contribution in [0.4, 0.5) is 5.82 Å². The molecule has 0 amide bonds. The number of aliphatic hydroxyl groups excluding tert-OH is 1. The molecule has 0 saturated heterocycles. The van der Waals surface area contributed by atoms with E-state index in [0.717, 1.165) is 19.3 Å². The van der Waals surface area contributed by atoms with Crippen LogP contribution in [0.2, 0.25) is 0 Å². The van der Waals surface area contributed by atoms with Crippen LogP contribution in [0.3, 0.4) is 0 Å². The maximum Gasteiger partial charge on any atom is 0.356 e. The summed E-state index contributed by atoms with van der Waals surface area (Å²) in [6.07, 6.45) is 4.22. The predicted octanol–water partition coefficient (Wildman–Crippen LogP) is 1.61. The zero-order chi connectivity index (χ0) is 13.7. The van der Waals surface area contributed by atoms with E-state index in [-0.39, 0.29) is 12.3 Å². The molecule has 102 valence electrons. The van der Waals surface area contributed by atoms with Crippen LogP contribution >= 0.6 is 0 Å². The average Bonchev–Trinajstić information content (AvgIpc) is 2.76. The van der Waals surface area contributed by atoms with Crippen molar-refractivity contribution in [1.29, 1.82) is 0 Å². The standard InChI is InChI=1S/C13H17N3O3/c17-9-5-1-3-7-14-12-11(13(18)19)16-8-4-2-6-10(16)15-12/h2,4,6,8,14,17H,1,3,5,7,9H2,(H,18,19). The summed E-state index contributed by atoms with van der Waals surface area (Å²) in [5.74, 6) is -0.612. The molecule has 0 radical (unpaired) electrons. The van der Waals surface area contributed by atoms with Gasteiger partial charge >= 0.3 is 5.97 Å². The Kier molecular flexibility index (Phi) is 4.35. The van der Waals surface area contributed by atoms with E-state index in [1.807, 2.05) is 6.07 Å². The van der Waals surface area contributed by atoms with Crippen LogP contribution in [-0.4, -0.2) is 38.7 Å². The third-order valence-electron chi connectivity index (χ3n) is 2.86. The van der Waals surface area contributed by atoms with Crippen molar-refractivity contribution in [2.75, 3.05) is 18.5 Å². The number of aliphatic hydroxyl groups is 1. The quantitative estimate of drug-likeness (QED) is 0.661. The van der Waals surface area contributed by atoms with Gasteiger partial charge in [0.2, 0.25) is 0 Å². The lowest BCUT2D eigenvalue weighted by molar-refractivity contribution is 0.0690. The van der Waals surface area contributed by atoms with Crippen molar-refractivity contribution >= 4 is 17.4 Å². The van der Waals surface area contributed by atoms with E-state index in [0.29, 0.717) is 18.0 Å². The number of anilines is 1. The minimum atomic E-state index is -1.00. The van der Waals surface area contributed by atoms with Crippen molar-refractivity contribution in [2.24, 2.45) is 0 Å². The Hall–Kier alpha value is -2.08. The van der Waals surface area contributed by atoms with Crippen LogP contribution in [0.1, 0.15) is 29.8 Å². The van der Waals surface area contributed by atoms with E-state index < -0.39 is 5.97 Å².